The van der Waals surface area contributed by atoms with E-state index in [-0.39, 0.29) is 0 Å². The largest absolute Gasteiger partial charge is 0.389 e. The van der Waals surface area contributed by atoms with Crippen molar-refractivity contribution in [2.24, 2.45) is 0 Å². The van der Waals surface area contributed by atoms with Gasteiger partial charge in [0.2, 0.25) is 10.0 Å². The molecule has 0 saturated carbocycles. The van der Waals surface area contributed by atoms with Gasteiger partial charge in [-0.05, 0) is 24.6 Å². The van der Waals surface area contributed by atoms with Crippen molar-refractivity contribution in [2.75, 3.05) is 37.3 Å². The molecule has 0 spiro atoms. The van der Waals surface area contributed by atoms with E-state index in [0.717, 1.165) is 0 Å². The lowest BCUT2D eigenvalue weighted by atomic mass is 10.1. The van der Waals surface area contributed by atoms with Crippen LogP contribution in [-0.4, -0.2) is 50.3 Å². The molecule has 1 aromatic rings. The molecule has 1 aliphatic rings. The predicted molar refractivity (Wildman–Crippen MR) is 75.7 cm³/mol. The van der Waals surface area contributed by atoms with Crippen LogP contribution in [0.2, 0.25) is 0 Å². The smallest absolute Gasteiger partial charge is 0.211 e. The van der Waals surface area contributed by atoms with E-state index in [9.17, 15) is 17.9 Å². The van der Waals surface area contributed by atoms with Gasteiger partial charge in [-0.1, -0.05) is 6.07 Å². The van der Waals surface area contributed by atoms with Crippen molar-refractivity contribution in [2.45, 2.75) is 13.0 Å². The summed E-state index contributed by atoms with van der Waals surface area (Å²) in [5.41, 5.74) is 0.976. The second-order valence-corrected chi connectivity index (χ2v) is 7.02. The Hall–Kier alpha value is -1.18. The minimum absolute atomic E-state index is 0.358. The highest BCUT2D eigenvalue weighted by Crippen LogP contribution is 2.24. The maximum Gasteiger partial charge on any atom is 0.211 e. The van der Waals surface area contributed by atoms with Crippen LogP contribution >= 0.6 is 0 Å². The maximum absolute atomic E-state index is 14.0. The standard InChI is InChI=1S/C13H19FN2O3S/c1-10(17)11-3-4-13(12(14)9-11)15-5-7-16(8-6-15)20(2,18)19/h3-4,9-10,17H,5-8H2,1-2H3/t10-/m1/s1. The summed E-state index contributed by atoms with van der Waals surface area (Å²) in [5, 5.41) is 9.42. The van der Waals surface area contributed by atoms with Crippen LogP contribution in [0.4, 0.5) is 10.1 Å². The first kappa shape index (κ1) is 15.2. The molecule has 1 heterocycles. The van der Waals surface area contributed by atoms with E-state index in [0.29, 0.717) is 37.4 Å². The second-order valence-electron chi connectivity index (χ2n) is 5.04. The van der Waals surface area contributed by atoms with Crippen molar-refractivity contribution < 1.29 is 17.9 Å². The summed E-state index contributed by atoms with van der Waals surface area (Å²) in [4.78, 5) is 1.82. The minimum atomic E-state index is -3.18. The van der Waals surface area contributed by atoms with Crippen molar-refractivity contribution in [3.8, 4) is 0 Å². The zero-order chi connectivity index (χ0) is 14.9. The normalized spacial score (nSPS) is 19.1. The Kier molecular flexibility index (Phi) is 4.31. The molecular weight excluding hydrogens is 283 g/mol. The van der Waals surface area contributed by atoms with Crippen molar-refractivity contribution in [1.82, 2.24) is 4.31 Å². The van der Waals surface area contributed by atoms with Gasteiger partial charge in [-0.15, -0.1) is 0 Å². The molecule has 7 heteroatoms. The monoisotopic (exact) mass is 302 g/mol. The number of halogens is 1. The van der Waals surface area contributed by atoms with Crippen molar-refractivity contribution in [3.05, 3.63) is 29.6 Å². The average Bonchev–Trinajstić information content (AvgIpc) is 2.37. The molecule has 1 atom stereocenters. The molecule has 1 aromatic carbocycles. The van der Waals surface area contributed by atoms with E-state index in [1.807, 2.05) is 4.90 Å². The van der Waals surface area contributed by atoms with E-state index in [2.05, 4.69) is 0 Å². The average molecular weight is 302 g/mol. The lowest BCUT2D eigenvalue weighted by Crippen LogP contribution is -2.48. The lowest BCUT2D eigenvalue weighted by molar-refractivity contribution is 0.199. The molecule has 0 radical (unpaired) electrons. The molecule has 112 valence electrons. The zero-order valence-electron chi connectivity index (χ0n) is 11.6. The zero-order valence-corrected chi connectivity index (χ0v) is 12.4. The summed E-state index contributed by atoms with van der Waals surface area (Å²) >= 11 is 0. The van der Waals surface area contributed by atoms with Gasteiger partial charge in [-0.3, -0.25) is 0 Å². The van der Waals surface area contributed by atoms with Crippen LogP contribution in [0.1, 0.15) is 18.6 Å². The number of hydrogen-bond acceptors (Lipinski definition) is 4. The van der Waals surface area contributed by atoms with Gasteiger partial charge in [0.15, 0.2) is 0 Å². The molecule has 0 aromatic heterocycles. The summed E-state index contributed by atoms with van der Waals surface area (Å²) in [5.74, 6) is -0.392. The van der Waals surface area contributed by atoms with Gasteiger partial charge in [-0.25, -0.2) is 12.8 Å². The van der Waals surface area contributed by atoms with E-state index in [1.165, 1.54) is 16.6 Å². The number of anilines is 1. The van der Waals surface area contributed by atoms with Gasteiger partial charge in [0.25, 0.3) is 0 Å². The van der Waals surface area contributed by atoms with Crippen LogP contribution in [-0.2, 0) is 10.0 Å². The molecular formula is C13H19FN2O3S. The van der Waals surface area contributed by atoms with Crippen molar-refractivity contribution >= 4 is 15.7 Å². The Labute approximate surface area is 118 Å². The lowest BCUT2D eigenvalue weighted by Gasteiger charge is -2.35. The van der Waals surface area contributed by atoms with Crippen LogP contribution in [0, 0.1) is 5.82 Å². The van der Waals surface area contributed by atoms with Gasteiger partial charge in [0.1, 0.15) is 5.82 Å². The predicted octanol–water partition coefficient (Wildman–Crippen LogP) is 0.961. The Morgan fingerprint density at radius 3 is 2.30 bits per heavy atom. The summed E-state index contributed by atoms with van der Waals surface area (Å²) in [7, 11) is -3.18. The first-order valence-electron chi connectivity index (χ1n) is 6.46. The van der Waals surface area contributed by atoms with Gasteiger partial charge in [-0.2, -0.15) is 4.31 Å². The van der Waals surface area contributed by atoms with Crippen LogP contribution in [0.3, 0.4) is 0 Å². The number of aliphatic hydroxyl groups excluding tert-OH is 1. The van der Waals surface area contributed by atoms with E-state index in [1.54, 1.807) is 19.1 Å². The topological polar surface area (TPSA) is 60.9 Å². The maximum atomic E-state index is 14.0. The molecule has 0 bridgehead atoms. The molecule has 1 aliphatic heterocycles. The van der Waals surface area contributed by atoms with Crippen LogP contribution < -0.4 is 4.90 Å². The Morgan fingerprint density at radius 2 is 1.85 bits per heavy atom. The van der Waals surface area contributed by atoms with Crippen LogP contribution in [0.15, 0.2) is 18.2 Å². The Morgan fingerprint density at radius 1 is 1.25 bits per heavy atom. The molecule has 20 heavy (non-hydrogen) atoms. The SMILES string of the molecule is C[C@@H](O)c1ccc(N2CCN(S(C)(=O)=O)CC2)c(F)c1. The highest BCUT2D eigenvalue weighted by atomic mass is 32.2. The number of rotatable bonds is 3. The van der Waals surface area contributed by atoms with Crippen LogP contribution in [0.5, 0.6) is 0 Å². The highest BCUT2D eigenvalue weighted by molar-refractivity contribution is 7.88. The van der Waals surface area contributed by atoms with E-state index < -0.39 is 21.9 Å². The minimum Gasteiger partial charge on any atom is -0.389 e. The fourth-order valence-corrected chi connectivity index (χ4v) is 3.13. The number of sulfonamides is 1. The third-order valence-corrected chi connectivity index (χ3v) is 4.81. The van der Waals surface area contributed by atoms with E-state index in [4.69, 9.17) is 0 Å². The van der Waals surface area contributed by atoms with Gasteiger partial charge >= 0.3 is 0 Å². The summed E-state index contributed by atoms with van der Waals surface area (Å²) in [6.07, 6.45) is 0.473. The number of benzene rings is 1. The molecule has 0 amide bonds. The van der Waals surface area contributed by atoms with Crippen molar-refractivity contribution in [3.63, 3.8) is 0 Å². The number of aliphatic hydroxyl groups is 1. The Bertz CT molecular complexity index is 581. The van der Waals surface area contributed by atoms with Crippen LogP contribution in [0.25, 0.3) is 0 Å². The summed E-state index contributed by atoms with van der Waals surface area (Å²) in [6, 6.07) is 4.64. The van der Waals surface area contributed by atoms with Gasteiger partial charge in [0.05, 0.1) is 18.0 Å². The molecule has 0 unspecified atom stereocenters. The summed E-state index contributed by atoms with van der Waals surface area (Å²) in [6.45, 7) is 3.21. The third kappa shape index (κ3) is 3.28. The molecule has 2 rings (SSSR count). The summed E-state index contributed by atoms with van der Waals surface area (Å²) < 4.78 is 38.3. The fourth-order valence-electron chi connectivity index (χ4n) is 2.30. The van der Waals surface area contributed by atoms with Gasteiger partial charge in [0, 0.05) is 26.2 Å². The quantitative estimate of drug-likeness (QED) is 0.903. The molecule has 1 saturated heterocycles. The Balaban J connectivity index is 2.11. The highest BCUT2D eigenvalue weighted by Gasteiger charge is 2.24. The number of hydrogen-bond donors (Lipinski definition) is 1. The molecule has 5 nitrogen and oxygen atoms in total. The first-order chi connectivity index (χ1) is 9.29. The van der Waals surface area contributed by atoms with Crippen molar-refractivity contribution in [1.29, 1.82) is 0 Å². The first-order valence-corrected chi connectivity index (χ1v) is 8.31. The molecule has 1 fully saturated rings. The van der Waals surface area contributed by atoms with E-state index >= 15 is 0 Å². The second kappa shape index (κ2) is 5.67. The van der Waals surface area contributed by atoms with Gasteiger partial charge < -0.3 is 10.0 Å². The molecule has 1 N–H and O–H groups in total. The fraction of sp³-hybridized carbons (Fsp3) is 0.538. The number of nitrogens with zero attached hydrogens (tertiary/aromatic N) is 2. The third-order valence-electron chi connectivity index (χ3n) is 3.50. The molecule has 0 aliphatic carbocycles. The number of piperazine rings is 1.